The molecule has 0 fully saturated rings. The maximum Gasteiger partial charge on any atom is 0.306 e. The maximum absolute atomic E-state index is 13.5. The lowest BCUT2D eigenvalue weighted by Crippen LogP contribution is -2.47. The van der Waals surface area contributed by atoms with Crippen LogP contribution in [0.2, 0.25) is 0 Å². The third-order valence-corrected chi connectivity index (χ3v) is 13.6. The van der Waals surface area contributed by atoms with Crippen LogP contribution in [-0.4, -0.2) is 69.4 Å². The number of likely N-dealkylation sites (N-methyl/N-ethyl adjacent to an activating group) is 1. The smallest absolute Gasteiger partial charge is 0.306 e. The number of allylic oxidation sites excluding steroid dienone is 11. The second-order valence-corrected chi connectivity index (χ2v) is 22.2. The van der Waals surface area contributed by atoms with Crippen LogP contribution in [0.25, 0.3) is 0 Å². The summed E-state index contributed by atoms with van der Waals surface area (Å²) in [5, 5.41) is 3.01. The Morgan fingerprint density at radius 2 is 0.901 bits per heavy atom. The zero-order valence-electron chi connectivity index (χ0n) is 46.9. The fourth-order valence-electron chi connectivity index (χ4n) is 8.05. The molecule has 9 nitrogen and oxygen atoms in total. The molecule has 0 aliphatic rings. The number of rotatable bonds is 52. The quantitative estimate of drug-likeness (QED) is 0.0161. The summed E-state index contributed by atoms with van der Waals surface area (Å²) in [5.41, 5.74) is 0. The Morgan fingerprint density at radius 3 is 1.39 bits per heavy atom. The van der Waals surface area contributed by atoms with Crippen molar-refractivity contribution in [3.63, 3.8) is 0 Å². The summed E-state index contributed by atoms with van der Waals surface area (Å²) in [5.74, 6) is -0.571. The van der Waals surface area contributed by atoms with Crippen molar-refractivity contribution in [2.24, 2.45) is 0 Å². The van der Waals surface area contributed by atoms with E-state index in [1.807, 2.05) is 33.3 Å². The van der Waals surface area contributed by atoms with Gasteiger partial charge in [0.2, 0.25) is 5.91 Å². The number of ether oxygens (including phenoxy) is 1. The van der Waals surface area contributed by atoms with E-state index in [0.717, 1.165) is 116 Å². The number of hydrogen-bond donors (Lipinski definition) is 1. The Labute approximate surface area is 438 Å². The van der Waals surface area contributed by atoms with Gasteiger partial charge in [0, 0.05) is 12.8 Å². The van der Waals surface area contributed by atoms with Crippen LogP contribution >= 0.6 is 7.82 Å². The van der Waals surface area contributed by atoms with Crippen molar-refractivity contribution in [2.45, 2.75) is 264 Å². The Balaban J connectivity index is 5.33. The number of amides is 1. The van der Waals surface area contributed by atoms with Crippen LogP contribution in [0.1, 0.15) is 252 Å². The Hall–Kier alpha value is -2.55. The van der Waals surface area contributed by atoms with E-state index in [-0.39, 0.29) is 24.9 Å². The van der Waals surface area contributed by atoms with Gasteiger partial charge < -0.3 is 28.5 Å². The Kier molecular flexibility index (Phi) is 49.1. The van der Waals surface area contributed by atoms with Crippen molar-refractivity contribution < 1.29 is 37.3 Å². The van der Waals surface area contributed by atoms with Gasteiger partial charge in [-0.05, 0) is 96.0 Å². The van der Waals surface area contributed by atoms with Crippen molar-refractivity contribution in [3.8, 4) is 0 Å². The highest BCUT2D eigenvalue weighted by Gasteiger charge is 2.27. The monoisotopic (exact) mass is 1010 g/mol. The van der Waals surface area contributed by atoms with E-state index in [1.165, 1.54) is 96.3 Å². The van der Waals surface area contributed by atoms with Gasteiger partial charge in [0.15, 0.2) is 0 Å². The fraction of sp³-hybridized carbons (Fsp3) is 0.770. The molecule has 3 atom stereocenters. The summed E-state index contributed by atoms with van der Waals surface area (Å²) >= 11 is 0. The number of hydrogen-bond acceptors (Lipinski definition) is 7. The molecule has 1 N–H and O–H groups in total. The van der Waals surface area contributed by atoms with Crippen molar-refractivity contribution >= 4 is 19.7 Å². The van der Waals surface area contributed by atoms with E-state index in [2.05, 4.69) is 86.8 Å². The van der Waals surface area contributed by atoms with Crippen LogP contribution < -0.4 is 10.2 Å². The van der Waals surface area contributed by atoms with E-state index < -0.39 is 26.6 Å². The highest BCUT2D eigenvalue weighted by molar-refractivity contribution is 7.45. The molecule has 0 aromatic heterocycles. The first kappa shape index (κ1) is 68.5. The molecule has 3 unspecified atom stereocenters. The second-order valence-electron chi connectivity index (χ2n) is 20.8. The predicted octanol–water partition coefficient (Wildman–Crippen LogP) is 17.0. The summed E-state index contributed by atoms with van der Waals surface area (Å²) in [4.78, 5) is 39.9. The number of esters is 1. The Bertz CT molecular complexity index is 1450. The molecule has 0 bridgehead atoms. The molecule has 0 radical (unpaired) electrons. The molecular weight excluding hydrogens is 904 g/mol. The normalized spacial score (nSPS) is 14.3. The fourth-order valence-corrected chi connectivity index (χ4v) is 8.77. The molecule has 0 aromatic rings. The second kappa shape index (κ2) is 51.0. The molecule has 0 rings (SSSR count). The molecule has 1 amide bonds. The number of unbranched alkanes of at least 4 members (excludes halogenated alkanes) is 27. The topological polar surface area (TPSA) is 114 Å². The average Bonchev–Trinajstić information content (AvgIpc) is 3.33. The molecule has 412 valence electrons. The van der Waals surface area contributed by atoms with Crippen molar-refractivity contribution in [1.29, 1.82) is 0 Å². The minimum absolute atomic E-state index is 0.0295. The lowest BCUT2D eigenvalue weighted by atomic mass is 10.1. The van der Waals surface area contributed by atoms with Crippen LogP contribution in [0.4, 0.5) is 0 Å². The van der Waals surface area contributed by atoms with Crippen molar-refractivity contribution in [3.05, 3.63) is 72.9 Å². The summed E-state index contributed by atoms with van der Waals surface area (Å²) in [7, 11) is 1.16. The van der Waals surface area contributed by atoms with E-state index in [0.29, 0.717) is 23.9 Å². The molecule has 0 spiro atoms. The summed E-state index contributed by atoms with van der Waals surface area (Å²) in [6.07, 6.45) is 64.3. The van der Waals surface area contributed by atoms with E-state index >= 15 is 0 Å². The van der Waals surface area contributed by atoms with Crippen LogP contribution in [-0.2, 0) is 27.9 Å². The standard InChI is InChI=1S/C61H111N2O7P/c1-7-10-13-16-19-22-25-27-29-30-31-32-34-36-39-42-45-48-51-54-61(65)70-59(52-49-46-43-40-37-24-21-18-15-12-9-3)58(57-69-71(66,67)68-56-55-63(4,5)6)62-60(64)53-50-47-44-41-38-35-33-28-26-23-20-17-14-11-8-2/h19-20,22-23,26-29,31-32,49,52,58-59H,7-18,21,24-25,30,33-48,50-51,53-57H2,1-6H3,(H-,62,64,66,67)/b22-19-,23-20+,28-26+,29-27-,32-31-,52-49+. The maximum atomic E-state index is 13.5. The molecule has 0 heterocycles. The molecule has 0 saturated carbocycles. The Morgan fingerprint density at radius 1 is 0.507 bits per heavy atom. The lowest BCUT2D eigenvalue weighted by molar-refractivity contribution is -0.870. The number of carbonyl (C=O) groups is 2. The van der Waals surface area contributed by atoms with Gasteiger partial charge in [-0.25, -0.2) is 0 Å². The van der Waals surface area contributed by atoms with Gasteiger partial charge in [-0.2, -0.15) is 0 Å². The zero-order valence-corrected chi connectivity index (χ0v) is 47.8. The highest BCUT2D eigenvalue weighted by Crippen LogP contribution is 2.38. The number of quaternary nitrogens is 1. The van der Waals surface area contributed by atoms with Crippen LogP contribution in [0.15, 0.2) is 72.9 Å². The molecule has 0 saturated heterocycles. The van der Waals surface area contributed by atoms with Gasteiger partial charge in [0.1, 0.15) is 19.3 Å². The first-order chi connectivity index (χ1) is 34.4. The van der Waals surface area contributed by atoms with E-state index in [1.54, 1.807) is 0 Å². The number of nitrogens with zero attached hydrogens (tertiary/aromatic N) is 1. The molecule has 0 aliphatic carbocycles. The van der Waals surface area contributed by atoms with E-state index in [4.69, 9.17) is 13.8 Å². The summed E-state index contributed by atoms with van der Waals surface area (Å²) < 4.78 is 30.2. The lowest BCUT2D eigenvalue weighted by Gasteiger charge is -2.30. The zero-order chi connectivity index (χ0) is 52.2. The highest BCUT2D eigenvalue weighted by atomic mass is 31.2. The minimum atomic E-state index is -4.70. The van der Waals surface area contributed by atoms with E-state index in [9.17, 15) is 19.0 Å². The molecular formula is C61H111N2O7P. The SMILES string of the molecule is CCCCC/C=C\C/C=C\C/C=C\CCCCCCCCC(=O)OC(/C=C/CCCCCCCCCCC)C(COP(=O)([O-])OCC[N+](C)(C)C)NC(=O)CCCCCCCC/C=C/C=C/CCCCC. The molecule has 0 aliphatic heterocycles. The van der Waals surface area contributed by atoms with Crippen molar-refractivity contribution in [2.75, 3.05) is 40.9 Å². The first-order valence-electron chi connectivity index (χ1n) is 29.3. The summed E-state index contributed by atoms with van der Waals surface area (Å²) in [6.45, 7) is 6.75. The molecule has 0 aromatic carbocycles. The van der Waals surface area contributed by atoms with Crippen molar-refractivity contribution in [1.82, 2.24) is 5.32 Å². The van der Waals surface area contributed by atoms with Gasteiger partial charge in [-0.3, -0.25) is 14.2 Å². The predicted molar refractivity (Wildman–Crippen MR) is 302 cm³/mol. The third-order valence-electron chi connectivity index (χ3n) is 12.6. The van der Waals surface area contributed by atoms with Gasteiger partial charge in [-0.1, -0.05) is 216 Å². The van der Waals surface area contributed by atoms with Gasteiger partial charge in [0.05, 0.1) is 33.8 Å². The third kappa shape index (κ3) is 52.1. The number of nitrogens with one attached hydrogen (secondary N) is 1. The number of phosphoric ester groups is 1. The summed E-state index contributed by atoms with van der Waals surface area (Å²) in [6, 6.07) is -0.901. The first-order valence-corrected chi connectivity index (χ1v) is 30.7. The molecule has 71 heavy (non-hydrogen) atoms. The number of carbonyl (C=O) groups excluding carboxylic acids is 2. The number of phosphoric acid groups is 1. The van der Waals surface area contributed by atoms with Crippen LogP contribution in [0.3, 0.4) is 0 Å². The van der Waals surface area contributed by atoms with Crippen LogP contribution in [0, 0.1) is 0 Å². The van der Waals surface area contributed by atoms with Gasteiger partial charge >= 0.3 is 5.97 Å². The molecule has 10 heteroatoms. The van der Waals surface area contributed by atoms with Gasteiger partial charge in [0.25, 0.3) is 7.82 Å². The average molecular weight is 1020 g/mol. The van der Waals surface area contributed by atoms with Crippen LogP contribution in [0.5, 0.6) is 0 Å². The van der Waals surface area contributed by atoms with Gasteiger partial charge in [-0.15, -0.1) is 0 Å². The minimum Gasteiger partial charge on any atom is -0.756 e. The largest absolute Gasteiger partial charge is 0.756 e.